The average Bonchev–Trinajstić information content (AvgIpc) is 2.67. The fourth-order valence-corrected chi connectivity index (χ4v) is 2.41. The summed E-state index contributed by atoms with van der Waals surface area (Å²) in [6.45, 7) is 3.93. The van der Waals surface area contributed by atoms with E-state index in [9.17, 15) is 5.11 Å². The second-order valence-corrected chi connectivity index (χ2v) is 5.54. The van der Waals surface area contributed by atoms with E-state index in [2.05, 4.69) is 20.6 Å². The standard InChI is InChI=1S/C19H26N4O3/c1-4-20-19(22-10-8-15-7-5-6-9-21-15)23-13-14-11-16(25-2)18(24)17(12-14)26-3/h5-7,9,11-12,24H,4,8,10,13H2,1-3H3,(H2,20,22,23). The summed E-state index contributed by atoms with van der Waals surface area (Å²) in [5, 5.41) is 16.5. The molecule has 0 unspecified atom stereocenters. The highest BCUT2D eigenvalue weighted by Crippen LogP contribution is 2.37. The molecule has 140 valence electrons. The molecule has 0 atom stereocenters. The highest BCUT2D eigenvalue weighted by Gasteiger charge is 2.11. The quantitative estimate of drug-likeness (QED) is 0.495. The Hall–Kier alpha value is -2.96. The zero-order valence-electron chi connectivity index (χ0n) is 15.5. The summed E-state index contributed by atoms with van der Waals surface area (Å²) in [4.78, 5) is 8.89. The number of aromatic nitrogens is 1. The number of hydrogen-bond donors (Lipinski definition) is 3. The average molecular weight is 358 g/mol. The molecule has 0 radical (unpaired) electrons. The number of pyridine rings is 1. The summed E-state index contributed by atoms with van der Waals surface area (Å²) in [5.74, 6) is 1.43. The van der Waals surface area contributed by atoms with E-state index in [1.807, 2.05) is 25.1 Å². The van der Waals surface area contributed by atoms with E-state index in [-0.39, 0.29) is 5.75 Å². The van der Waals surface area contributed by atoms with E-state index in [1.165, 1.54) is 14.2 Å². The van der Waals surface area contributed by atoms with Crippen LogP contribution in [0.1, 0.15) is 18.2 Å². The normalized spacial score (nSPS) is 11.1. The molecule has 0 amide bonds. The number of methoxy groups -OCH3 is 2. The van der Waals surface area contributed by atoms with Crippen molar-refractivity contribution in [3.05, 3.63) is 47.8 Å². The molecule has 1 aromatic carbocycles. The first-order valence-electron chi connectivity index (χ1n) is 8.53. The van der Waals surface area contributed by atoms with Crippen LogP contribution in [0.5, 0.6) is 17.2 Å². The minimum absolute atomic E-state index is 0.0110. The molecule has 0 bridgehead atoms. The van der Waals surface area contributed by atoms with Crippen LogP contribution in [-0.2, 0) is 13.0 Å². The van der Waals surface area contributed by atoms with Crippen molar-refractivity contribution < 1.29 is 14.6 Å². The number of phenolic OH excluding ortho intramolecular Hbond substituents is 1. The van der Waals surface area contributed by atoms with Crippen LogP contribution in [0.25, 0.3) is 0 Å². The molecule has 0 aliphatic rings. The summed E-state index contributed by atoms with van der Waals surface area (Å²) < 4.78 is 10.4. The van der Waals surface area contributed by atoms with Crippen molar-refractivity contribution in [2.45, 2.75) is 19.9 Å². The van der Waals surface area contributed by atoms with Gasteiger partial charge in [-0.25, -0.2) is 4.99 Å². The topological polar surface area (TPSA) is 88.0 Å². The zero-order valence-corrected chi connectivity index (χ0v) is 15.5. The van der Waals surface area contributed by atoms with Gasteiger partial charge in [-0.05, 0) is 36.8 Å². The largest absolute Gasteiger partial charge is 0.502 e. The van der Waals surface area contributed by atoms with Crippen LogP contribution in [0.2, 0.25) is 0 Å². The third-order valence-electron chi connectivity index (χ3n) is 3.70. The maximum absolute atomic E-state index is 9.98. The number of hydrogen-bond acceptors (Lipinski definition) is 5. The van der Waals surface area contributed by atoms with Gasteiger partial charge in [0.25, 0.3) is 0 Å². The molecule has 0 spiro atoms. The number of nitrogens with one attached hydrogen (secondary N) is 2. The Morgan fingerprint density at radius 3 is 2.46 bits per heavy atom. The first kappa shape index (κ1) is 19.4. The molecule has 0 fully saturated rings. The fraction of sp³-hybridized carbons (Fsp3) is 0.368. The maximum atomic E-state index is 9.98. The lowest BCUT2D eigenvalue weighted by Crippen LogP contribution is -2.38. The predicted molar refractivity (Wildman–Crippen MR) is 102 cm³/mol. The van der Waals surface area contributed by atoms with Crippen molar-refractivity contribution in [2.24, 2.45) is 4.99 Å². The molecular formula is C19H26N4O3. The molecule has 7 heteroatoms. The van der Waals surface area contributed by atoms with Gasteiger partial charge in [-0.15, -0.1) is 0 Å². The van der Waals surface area contributed by atoms with Crippen LogP contribution in [0.15, 0.2) is 41.5 Å². The van der Waals surface area contributed by atoms with Crippen LogP contribution in [-0.4, -0.2) is 43.4 Å². The molecule has 1 heterocycles. The Kier molecular flexibility index (Phi) is 7.54. The van der Waals surface area contributed by atoms with Gasteiger partial charge >= 0.3 is 0 Å². The number of aliphatic imine (C=N–C) groups is 1. The minimum Gasteiger partial charge on any atom is -0.502 e. The zero-order chi connectivity index (χ0) is 18.8. The van der Waals surface area contributed by atoms with E-state index in [4.69, 9.17) is 9.47 Å². The number of guanidine groups is 1. The van der Waals surface area contributed by atoms with Crippen molar-refractivity contribution in [3.8, 4) is 17.2 Å². The molecule has 0 saturated heterocycles. The van der Waals surface area contributed by atoms with E-state index in [0.29, 0.717) is 18.0 Å². The lowest BCUT2D eigenvalue weighted by molar-refractivity contribution is 0.339. The van der Waals surface area contributed by atoms with E-state index >= 15 is 0 Å². The Labute approximate surface area is 154 Å². The van der Waals surface area contributed by atoms with E-state index in [0.717, 1.165) is 36.7 Å². The molecule has 1 aromatic heterocycles. The van der Waals surface area contributed by atoms with Gasteiger partial charge in [-0.1, -0.05) is 6.07 Å². The van der Waals surface area contributed by atoms with Gasteiger partial charge in [0.05, 0.1) is 20.8 Å². The summed E-state index contributed by atoms with van der Waals surface area (Å²) in [7, 11) is 3.01. The van der Waals surface area contributed by atoms with Crippen LogP contribution >= 0.6 is 0 Å². The highest BCUT2D eigenvalue weighted by molar-refractivity contribution is 5.79. The van der Waals surface area contributed by atoms with Gasteiger partial charge < -0.3 is 25.2 Å². The monoisotopic (exact) mass is 358 g/mol. The number of nitrogens with zero attached hydrogens (tertiary/aromatic N) is 2. The predicted octanol–water partition coefficient (Wildman–Crippen LogP) is 2.10. The maximum Gasteiger partial charge on any atom is 0.200 e. The Balaban J connectivity index is 2.01. The third-order valence-corrected chi connectivity index (χ3v) is 3.70. The number of aromatic hydroxyl groups is 1. The third kappa shape index (κ3) is 5.54. The number of rotatable bonds is 8. The molecule has 3 N–H and O–H groups in total. The highest BCUT2D eigenvalue weighted by atomic mass is 16.5. The number of ether oxygens (including phenoxy) is 2. The van der Waals surface area contributed by atoms with Crippen molar-refractivity contribution in [1.29, 1.82) is 0 Å². The van der Waals surface area contributed by atoms with Gasteiger partial charge in [0.2, 0.25) is 5.75 Å². The molecule has 26 heavy (non-hydrogen) atoms. The minimum atomic E-state index is -0.0110. The lowest BCUT2D eigenvalue weighted by Gasteiger charge is -2.13. The molecule has 2 rings (SSSR count). The summed E-state index contributed by atoms with van der Waals surface area (Å²) in [5.41, 5.74) is 1.90. The van der Waals surface area contributed by atoms with Crippen LogP contribution in [0, 0.1) is 0 Å². The van der Waals surface area contributed by atoms with E-state index in [1.54, 1.807) is 18.3 Å². The van der Waals surface area contributed by atoms with Crippen LogP contribution < -0.4 is 20.1 Å². The van der Waals surface area contributed by atoms with Crippen molar-refractivity contribution in [1.82, 2.24) is 15.6 Å². The number of phenols is 1. The first-order chi connectivity index (χ1) is 12.7. The van der Waals surface area contributed by atoms with Crippen LogP contribution in [0.4, 0.5) is 0 Å². The molecular weight excluding hydrogens is 332 g/mol. The summed E-state index contributed by atoms with van der Waals surface area (Å²) >= 11 is 0. The van der Waals surface area contributed by atoms with Crippen molar-refractivity contribution in [3.63, 3.8) is 0 Å². The summed E-state index contributed by atoms with van der Waals surface area (Å²) in [6, 6.07) is 9.38. The van der Waals surface area contributed by atoms with Crippen molar-refractivity contribution in [2.75, 3.05) is 27.3 Å². The Morgan fingerprint density at radius 1 is 1.15 bits per heavy atom. The molecule has 0 aliphatic carbocycles. The summed E-state index contributed by atoms with van der Waals surface area (Å²) in [6.07, 6.45) is 2.60. The van der Waals surface area contributed by atoms with Gasteiger partial charge in [0.15, 0.2) is 17.5 Å². The van der Waals surface area contributed by atoms with Gasteiger partial charge in [-0.3, -0.25) is 4.98 Å². The molecule has 7 nitrogen and oxygen atoms in total. The van der Waals surface area contributed by atoms with Gasteiger partial charge in [-0.2, -0.15) is 0 Å². The van der Waals surface area contributed by atoms with Gasteiger partial charge in [0.1, 0.15) is 0 Å². The number of benzene rings is 1. The lowest BCUT2D eigenvalue weighted by atomic mass is 10.2. The second-order valence-electron chi connectivity index (χ2n) is 5.54. The van der Waals surface area contributed by atoms with Crippen molar-refractivity contribution >= 4 is 5.96 Å². The Morgan fingerprint density at radius 2 is 1.88 bits per heavy atom. The first-order valence-corrected chi connectivity index (χ1v) is 8.53. The smallest absolute Gasteiger partial charge is 0.200 e. The van der Waals surface area contributed by atoms with E-state index < -0.39 is 0 Å². The molecule has 2 aromatic rings. The second kappa shape index (κ2) is 10.1. The molecule has 0 saturated carbocycles. The van der Waals surface area contributed by atoms with Gasteiger partial charge in [0, 0.05) is 31.4 Å². The fourth-order valence-electron chi connectivity index (χ4n) is 2.41. The Bertz CT molecular complexity index is 695. The van der Waals surface area contributed by atoms with Crippen LogP contribution in [0.3, 0.4) is 0 Å². The SMILES string of the molecule is CCNC(=NCc1cc(OC)c(O)c(OC)c1)NCCc1ccccn1. The molecule has 0 aliphatic heterocycles.